The molecule has 2 N–H and O–H groups in total. The molecule has 0 radical (unpaired) electrons. The zero-order chi connectivity index (χ0) is 20.0. The van der Waals surface area contributed by atoms with Crippen LogP contribution in [0.2, 0.25) is 5.02 Å². The number of hydrogen-bond acceptors (Lipinski definition) is 3. The predicted molar refractivity (Wildman–Crippen MR) is 109 cm³/mol. The molecule has 5 nitrogen and oxygen atoms in total. The third-order valence-electron chi connectivity index (χ3n) is 5.17. The molecule has 1 unspecified atom stereocenters. The third-order valence-corrected chi connectivity index (χ3v) is 5.42. The second-order valence-electron chi connectivity index (χ2n) is 7.26. The first-order valence-corrected chi connectivity index (χ1v) is 9.81. The van der Waals surface area contributed by atoms with Crippen molar-refractivity contribution in [2.45, 2.75) is 44.2 Å². The smallest absolute Gasteiger partial charge is 0.220 e. The van der Waals surface area contributed by atoms with Gasteiger partial charge in [-0.25, -0.2) is 0 Å². The van der Waals surface area contributed by atoms with Gasteiger partial charge in [-0.1, -0.05) is 35.9 Å². The number of benzene rings is 2. The number of carbonyl (C=O) groups is 2. The highest BCUT2D eigenvalue weighted by atomic mass is 35.5. The van der Waals surface area contributed by atoms with Crippen LogP contribution in [0.1, 0.15) is 36.8 Å². The number of ether oxygens (including phenoxy) is 1. The summed E-state index contributed by atoms with van der Waals surface area (Å²) in [6.45, 7) is 0.472. The molecule has 1 fully saturated rings. The predicted octanol–water partition coefficient (Wildman–Crippen LogP) is 3.64. The van der Waals surface area contributed by atoms with Crippen LogP contribution in [-0.4, -0.2) is 24.5 Å². The molecule has 1 heterocycles. The third kappa shape index (κ3) is 5.49. The number of rotatable bonds is 8. The van der Waals surface area contributed by atoms with Gasteiger partial charge in [0.05, 0.1) is 7.11 Å². The molecule has 2 aromatic rings. The van der Waals surface area contributed by atoms with Crippen LogP contribution in [0.5, 0.6) is 5.75 Å². The molecule has 0 saturated carbocycles. The Morgan fingerprint density at radius 3 is 2.43 bits per heavy atom. The van der Waals surface area contributed by atoms with E-state index < -0.39 is 0 Å². The monoisotopic (exact) mass is 400 g/mol. The fourth-order valence-corrected chi connectivity index (χ4v) is 3.69. The molecule has 2 aromatic carbocycles. The number of amides is 2. The Balaban J connectivity index is 1.54. The summed E-state index contributed by atoms with van der Waals surface area (Å²) in [7, 11) is 1.62. The number of halogens is 1. The molecule has 1 aliphatic rings. The van der Waals surface area contributed by atoms with Gasteiger partial charge in [-0.2, -0.15) is 0 Å². The zero-order valence-corrected chi connectivity index (χ0v) is 16.7. The molecule has 0 aliphatic carbocycles. The molecule has 28 heavy (non-hydrogen) atoms. The Bertz CT molecular complexity index is 821. The van der Waals surface area contributed by atoms with E-state index in [0.717, 1.165) is 23.3 Å². The first-order valence-electron chi connectivity index (χ1n) is 9.43. The lowest BCUT2D eigenvalue weighted by Gasteiger charge is -2.29. The normalized spacial score (nSPS) is 18.6. The number of carbonyl (C=O) groups excluding carboxylic acids is 2. The number of hydrogen-bond donors (Lipinski definition) is 2. The van der Waals surface area contributed by atoms with E-state index in [9.17, 15) is 9.59 Å². The fraction of sp³-hybridized carbons (Fsp3) is 0.364. The fourth-order valence-electron chi connectivity index (χ4n) is 3.56. The minimum atomic E-state index is -0.373. The van der Waals surface area contributed by atoms with E-state index in [1.54, 1.807) is 7.11 Å². The molecular formula is C22H25ClN2O3. The van der Waals surface area contributed by atoms with Crippen molar-refractivity contribution in [2.24, 2.45) is 0 Å². The van der Waals surface area contributed by atoms with Crippen LogP contribution in [0.15, 0.2) is 48.5 Å². The van der Waals surface area contributed by atoms with Gasteiger partial charge in [0.15, 0.2) is 0 Å². The SMILES string of the molecule is COc1ccc(CNC(=O)CCC2(Cc3ccc(Cl)cc3)CCC(=O)N2)cc1. The van der Waals surface area contributed by atoms with E-state index in [2.05, 4.69) is 10.6 Å². The molecule has 3 rings (SSSR count). The quantitative estimate of drug-likeness (QED) is 0.710. The molecule has 0 aromatic heterocycles. The lowest BCUT2D eigenvalue weighted by molar-refractivity contribution is -0.122. The van der Waals surface area contributed by atoms with Gasteiger partial charge < -0.3 is 15.4 Å². The zero-order valence-electron chi connectivity index (χ0n) is 16.0. The summed E-state index contributed by atoms with van der Waals surface area (Å²) < 4.78 is 5.14. The van der Waals surface area contributed by atoms with E-state index in [-0.39, 0.29) is 17.4 Å². The average Bonchev–Trinajstić information content (AvgIpc) is 3.08. The first-order chi connectivity index (χ1) is 13.5. The molecular weight excluding hydrogens is 376 g/mol. The molecule has 0 bridgehead atoms. The maximum atomic E-state index is 12.4. The minimum absolute atomic E-state index is 0.0209. The van der Waals surface area contributed by atoms with Crippen molar-refractivity contribution in [3.63, 3.8) is 0 Å². The van der Waals surface area contributed by atoms with Gasteiger partial charge in [0.2, 0.25) is 11.8 Å². The van der Waals surface area contributed by atoms with Crippen molar-refractivity contribution in [3.05, 3.63) is 64.7 Å². The van der Waals surface area contributed by atoms with Crippen LogP contribution >= 0.6 is 11.6 Å². The highest BCUT2D eigenvalue weighted by Gasteiger charge is 2.37. The number of nitrogens with one attached hydrogen (secondary N) is 2. The van der Waals surface area contributed by atoms with Crippen LogP contribution < -0.4 is 15.4 Å². The summed E-state index contributed by atoms with van der Waals surface area (Å²) in [6.07, 6.45) is 2.91. The van der Waals surface area contributed by atoms with E-state index in [0.29, 0.717) is 37.3 Å². The van der Waals surface area contributed by atoms with Crippen LogP contribution in [-0.2, 0) is 22.6 Å². The van der Waals surface area contributed by atoms with Crippen molar-refractivity contribution in [1.29, 1.82) is 0 Å². The van der Waals surface area contributed by atoms with E-state index >= 15 is 0 Å². The van der Waals surface area contributed by atoms with Crippen molar-refractivity contribution >= 4 is 23.4 Å². The van der Waals surface area contributed by atoms with Gasteiger partial charge in [-0.05, 0) is 54.7 Å². The molecule has 1 saturated heterocycles. The summed E-state index contributed by atoms with van der Waals surface area (Å²) in [4.78, 5) is 24.2. The van der Waals surface area contributed by atoms with Gasteiger partial charge in [0, 0.05) is 29.9 Å². The highest BCUT2D eigenvalue weighted by Crippen LogP contribution is 2.30. The first kappa shape index (κ1) is 20.2. The lowest BCUT2D eigenvalue weighted by atomic mass is 9.85. The Hall–Kier alpha value is -2.53. The van der Waals surface area contributed by atoms with Gasteiger partial charge in [0.1, 0.15) is 5.75 Å². The summed E-state index contributed by atoms with van der Waals surface area (Å²) in [5, 5.41) is 6.74. The molecule has 1 atom stereocenters. The van der Waals surface area contributed by atoms with Crippen LogP contribution in [0.25, 0.3) is 0 Å². The number of methoxy groups -OCH3 is 1. The second-order valence-corrected chi connectivity index (χ2v) is 7.69. The van der Waals surface area contributed by atoms with Gasteiger partial charge in [-0.3, -0.25) is 9.59 Å². The minimum Gasteiger partial charge on any atom is -0.497 e. The Labute approximate surface area is 170 Å². The van der Waals surface area contributed by atoms with Crippen molar-refractivity contribution < 1.29 is 14.3 Å². The van der Waals surface area contributed by atoms with Crippen LogP contribution in [0.3, 0.4) is 0 Å². The average molecular weight is 401 g/mol. The second kappa shape index (κ2) is 9.11. The van der Waals surface area contributed by atoms with Crippen molar-refractivity contribution in [2.75, 3.05) is 7.11 Å². The summed E-state index contributed by atoms with van der Waals surface area (Å²) in [6, 6.07) is 15.2. The van der Waals surface area contributed by atoms with Crippen LogP contribution in [0, 0.1) is 0 Å². The lowest BCUT2D eigenvalue weighted by Crippen LogP contribution is -2.44. The van der Waals surface area contributed by atoms with E-state index in [1.807, 2.05) is 48.5 Å². The summed E-state index contributed by atoms with van der Waals surface area (Å²) in [5.41, 5.74) is 1.74. The van der Waals surface area contributed by atoms with Crippen molar-refractivity contribution in [1.82, 2.24) is 10.6 Å². The maximum Gasteiger partial charge on any atom is 0.220 e. The Kier molecular flexibility index (Phi) is 6.57. The molecule has 0 spiro atoms. The Morgan fingerprint density at radius 2 is 1.82 bits per heavy atom. The summed E-state index contributed by atoms with van der Waals surface area (Å²) >= 11 is 5.96. The standard InChI is InChI=1S/C22H25ClN2O3/c1-28-19-8-4-17(5-9-19)15-24-20(26)10-12-22(13-11-21(27)25-22)14-16-2-6-18(23)7-3-16/h2-9H,10-15H2,1H3,(H,24,26)(H,25,27). The molecule has 148 valence electrons. The van der Waals surface area contributed by atoms with Gasteiger partial charge in [-0.15, -0.1) is 0 Å². The van der Waals surface area contributed by atoms with Gasteiger partial charge >= 0.3 is 0 Å². The van der Waals surface area contributed by atoms with E-state index in [1.165, 1.54) is 0 Å². The van der Waals surface area contributed by atoms with Crippen molar-refractivity contribution in [3.8, 4) is 5.75 Å². The maximum absolute atomic E-state index is 12.4. The molecule has 2 amide bonds. The van der Waals surface area contributed by atoms with Gasteiger partial charge in [0.25, 0.3) is 0 Å². The van der Waals surface area contributed by atoms with Crippen LogP contribution in [0.4, 0.5) is 0 Å². The Morgan fingerprint density at radius 1 is 1.14 bits per heavy atom. The molecule has 1 aliphatic heterocycles. The highest BCUT2D eigenvalue weighted by molar-refractivity contribution is 6.30. The largest absolute Gasteiger partial charge is 0.497 e. The van der Waals surface area contributed by atoms with E-state index in [4.69, 9.17) is 16.3 Å². The summed E-state index contributed by atoms with van der Waals surface area (Å²) in [5.74, 6) is 0.816. The topological polar surface area (TPSA) is 67.4 Å². The molecule has 6 heteroatoms.